The summed E-state index contributed by atoms with van der Waals surface area (Å²) in [6.07, 6.45) is 6.33. The molecule has 4 nitrogen and oxygen atoms in total. The fraction of sp³-hybridized carbons (Fsp3) is 0.917. The average Bonchev–Trinajstić information content (AvgIpc) is 2.68. The summed E-state index contributed by atoms with van der Waals surface area (Å²) < 4.78 is 11.1. The molecule has 1 saturated carbocycles. The summed E-state index contributed by atoms with van der Waals surface area (Å²) in [5.74, 6) is 0.645. The van der Waals surface area contributed by atoms with Gasteiger partial charge in [0.15, 0.2) is 0 Å². The second-order valence-electron chi connectivity index (χ2n) is 5.02. The van der Waals surface area contributed by atoms with E-state index in [0.717, 1.165) is 12.8 Å². The monoisotopic (exact) mass is 260 g/mol. The maximum atomic E-state index is 11.9. The number of carbonyl (C=O) groups excluding carboxylic acids is 1. The summed E-state index contributed by atoms with van der Waals surface area (Å²) >= 11 is 0. The van der Waals surface area contributed by atoms with Crippen LogP contribution in [0, 0.1) is 0 Å². The predicted molar refractivity (Wildman–Crippen MR) is 71.4 cm³/mol. The Morgan fingerprint density at radius 2 is 1.94 bits per heavy atom. The van der Waals surface area contributed by atoms with Crippen LogP contribution in [-0.4, -0.2) is 40.3 Å². The first-order chi connectivity index (χ1) is 7.99. The van der Waals surface area contributed by atoms with Crippen molar-refractivity contribution in [3.63, 3.8) is 0 Å². The van der Waals surface area contributed by atoms with Crippen molar-refractivity contribution >= 4 is 16.7 Å². The molecule has 5 heteroatoms. The van der Waals surface area contributed by atoms with Gasteiger partial charge in [-0.05, 0) is 26.7 Å². The second kappa shape index (κ2) is 7.11. The molecule has 0 aromatic rings. The largest absolute Gasteiger partial charge is 0.352 e. The molecule has 3 atom stereocenters. The molecular formula is C12H24N2O2S. The van der Waals surface area contributed by atoms with E-state index in [9.17, 15) is 9.00 Å². The number of nitrogens with one attached hydrogen (secondary N) is 2. The van der Waals surface area contributed by atoms with Crippen molar-refractivity contribution in [1.82, 2.24) is 10.6 Å². The molecule has 2 N–H and O–H groups in total. The van der Waals surface area contributed by atoms with Crippen LogP contribution in [0.15, 0.2) is 0 Å². The molecule has 0 radical (unpaired) electrons. The van der Waals surface area contributed by atoms with Crippen molar-refractivity contribution in [3.05, 3.63) is 0 Å². The Kier molecular flexibility index (Phi) is 6.12. The summed E-state index contributed by atoms with van der Waals surface area (Å²) in [7, 11) is -0.823. The van der Waals surface area contributed by atoms with Crippen molar-refractivity contribution in [1.29, 1.82) is 0 Å². The van der Waals surface area contributed by atoms with Crippen molar-refractivity contribution in [3.8, 4) is 0 Å². The van der Waals surface area contributed by atoms with E-state index in [1.807, 2.05) is 13.8 Å². The van der Waals surface area contributed by atoms with Gasteiger partial charge in [-0.2, -0.15) is 0 Å². The molecule has 1 aliphatic carbocycles. The molecule has 0 bridgehead atoms. The third-order valence-corrected chi connectivity index (χ3v) is 4.08. The Morgan fingerprint density at radius 3 is 2.47 bits per heavy atom. The van der Waals surface area contributed by atoms with Crippen molar-refractivity contribution < 1.29 is 9.00 Å². The van der Waals surface area contributed by atoms with Crippen LogP contribution in [0.1, 0.15) is 39.5 Å². The fourth-order valence-corrected chi connectivity index (χ4v) is 3.10. The van der Waals surface area contributed by atoms with Crippen LogP contribution >= 0.6 is 0 Å². The number of amides is 1. The molecule has 0 saturated heterocycles. The lowest BCUT2D eigenvalue weighted by Gasteiger charge is -2.21. The van der Waals surface area contributed by atoms with E-state index in [2.05, 4.69) is 10.6 Å². The van der Waals surface area contributed by atoms with Crippen LogP contribution in [-0.2, 0) is 15.6 Å². The minimum Gasteiger partial charge on any atom is -0.352 e. The Bertz CT molecular complexity index is 278. The van der Waals surface area contributed by atoms with Crippen LogP contribution in [0.2, 0.25) is 0 Å². The standard InChI is InChI=1S/C12H24N2O2S/c1-9(8-17(3)16)13-10(2)12(15)14-11-6-4-5-7-11/h9-11,13H,4-8H2,1-3H3,(H,14,15). The topological polar surface area (TPSA) is 58.2 Å². The lowest BCUT2D eigenvalue weighted by Crippen LogP contribution is -2.49. The van der Waals surface area contributed by atoms with Crippen molar-refractivity contribution in [2.24, 2.45) is 0 Å². The lowest BCUT2D eigenvalue weighted by molar-refractivity contribution is -0.123. The molecule has 0 spiro atoms. The van der Waals surface area contributed by atoms with E-state index in [-0.39, 0.29) is 18.0 Å². The van der Waals surface area contributed by atoms with Crippen LogP contribution in [0.3, 0.4) is 0 Å². The van der Waals surface area contributed by atoms with Crippen LogP contribution in [0.4, 0.5) is 0 Å². The van der Waals surface area contributed by atoms with Gasteiger partial charge in [0.2, 0.25) is 5.91 Å². The van der Waals surface area contributed by atoms with E-state index in [4.69, 9.17) is 0 Å². The van der Waals surface area contributed by atoms with E-state index < -0.39 is 10.8 Å². The zero-order valence-corrected chi connectivity index (χ0v) is 11.8. The molecule has 17 heavy (non-hydrogen) atoms. The maximum Gasteiger partial charge on any atom is 0.237 e. The van der Waals surface area contributed by atoms with Gasteiger partial charge < -0.3 is 10.6 Å². The quantitative estimate of drug-likeness (QED) is 0.742. The molecule has 0 aromatic heterocycles. The molecule has 0 heterocycles. The molecular weight excluding hydrogens is 236 g/mol. The highest BCUT2D eigenvalue weighted by Gasteiger charge is 2.21. The Labute approximate surface area is 106 Å². The zero-order chi connectivity index (χ0) is 12.8. The number of hydrogen-bond donors (Lipinski definition) is 2. The highest BCUT2D eigenvalue weighted by Crippen LogP contribution is 2.17. The molecule has 100 valence electrons. The summed E-state index contributed by atoms with van der Waals surface area (Å²) in [6, 6.07) is 0.252. The Balaban J connectivity index is 2.27. The molecule has 1 rings (SSSR count). The third-order valence-electron chi connectivity index (χ3n) is 3.11. The van der Waals surface area contributed by atoms with E-state index in [0.29, 0.717) is 11.8 Å². The molecule has 1 aliphatic rings. The van der Waals surface area contributed by atoms with Gasteiger partial charge >= 0.3 is 0 Å². The highest BCUT2D eigenvalue weighted by molar-refractivity contribution is 7.84. The first-order valence-electron chi connectivity index (χ1n) is 6.35. The molecule has 0 aromatic carbocycles. The van der Waals surface area contributed by atoms with E-state index in [1.54, 1.807) is 6.26 Å². The van der Waals surface area contributed by atoms with E-state index >= 15 is 0 Å². The molecule has 0 aliphatic heterocycles. The summed E-state index contributed by atoms with van der Waals surface area (Å²) in [5, 5.41) is 6.24. The highest BCUT2D eigenvalue weighted by atomic mass is 32.2. The first-order valence-corrected chi connectivity index (χ1v) is 8.08. The van der Waals surface area contributed by atoms with Crippen molar-refractivity contribution in [2.75, 3.05) is 12.0 Å². The average molecular weight is 260 g/mol. The Hall–Kier alpha value is -0.420. The minimum absolute atomic E-state index is 0.0608. The van der Waals surface area contributed by atoms with Crippen LogP contribution < -0.4 is 10.6 Å². The number of rotatable bonds is 6. The van der Waals surface area contributed by atoms with Gasteiger partial charge in [0.1, 0.15) is 0 Å². The fourth-order valence-electron chi connectivity index (χ4n) is 2.30. The third kappa shape index (κ3) is 5.64. The van der Waals surface area contributed by atoms with Gasteiger partial charge in [-0.15, -0.1) is 0 Å². The summed E-state index contributed by atoms with van der Waals surface area (Å²) in [5.41, 5.74) is 0. The second-order valence-corrected chi connectivity index (χ2v) is 6.50. The number of carbonyl (C=O) groups is 1. The van der Waals surface area contributed by atoms with Crippen LogP contribution in [0.5, 0.6) is 0 Å². The molecule has 1 amide bonds. The Morgan fingerprint density at radius 1 is 1.35 bits per heavy atom. The normalized spacial score (nSPS) is 22.1. The lowest BCUT2D eigenvalue weighted by atomic mass is 10.2. The maximum absolute atomic E-state index is 11.9. The summed E-state index contributed by atoms with van der Waals surface area (Å²) in [6.45, 7) is 3.82. The smallest absolute Gasteiger partial charge is 0.237 e. The van der Waals surface area contributed by atoms with Gasteiger partial charge in [-0.25, -0.2) is 0 Å². The van der Waals surface area contributed by atoms with Gasteiger partial charge in [-0.1, -0.05) is 12.8 Å². The predicted octanol–water partition coefficient (Wildman–Crippen LogP) is 0.790. The first kappa shape index (κ1) is 14.6. The van der Waals surface area contributed by atoms with Gasteiger partial charge in [-0.3, -0.25) is 9.00 Å². The van der Waals surface area contributed by atoms with Gasteiger partial charge in [0.05, 0.1) is 6.04 Å². The van der Waals surface area contributed by atoms with Gasteiger partial charge in [0.25, 0.3) is 0 Å². The molecule has 3 unspecified atom stereocenters. The molecule has 1 fully saturated rings. The van der Waals surface area contributed by atoms with E-state index in [1.165, 1.54) is 12.8 Å². The van der Waals surface area contributed by atoms with Crippen LogP contribution in [0.25, 0.3) is 0 Å². The van der Waals surface area contributed by atoms with Crippen molar-refractivity contribution in [2.45, 2.75) is 57.7 Å². The zero-order valence-electron chi connectivity index (χ0n) is 11.0. The van der Waals surface area contributed by atoms with Gasteiger partial charge in [0, 0.05) is 34.9 Å². The number of hydrogen-bond acceptors (Lipinski definition) is 3. The summed E-state index contributed by atoms with van der Waals surface area (Å²) in [4.78, 5) is 11.9. The SMILES string of the molecule is CC(CS(C)=O)NC(C)C(=O)NC1CCCC1. The minimum atomic E-state index is -0.823.